The maximum Gasteiger partial charge on any atom is 0.252 e. The number of hydrogen-bond acceptors (Lipinski definition) is 5. The zero-order valence-corrected chi connectivity index (χ0v) is 9.46. The molecular weight excluding hydrogens is 232 g/mol. The zero-order valence-electron chi connectivity index (χ0n) is 9.46. The number of aromatic nitrogens is 1. The fourth-order valence-corrected chi connectivity index (χ4v) is 1.40. The topological polar surface area (TPSA) is 117 Å². The number of para-hydroxylation sites is 1. The summed E-state index contributed by atoms with van der Waals surface area (Å²) in [6.45, 7) is 0. The molecule has 0 unspecified atom stereocenters. The van der Waals surface area contributed by atoms with Crippen molar-refractivity contribution < 1.29 is 9.53 Å². The summed E-state index contributed by atoms with van der Waals surface area (Å²) in [7, 11) is 0. The van der Waals surface area contributed by atoms with E-state index in [0.717, 1.165) is 0 Å². The van der Waals surface area contributed by atoms with Gasteiger partial charge in [0.05, 0.1) is 11.3 Å². The zero-order chi connectivity index (χ0) is 13.1. The Bertz CT molecular complexity index is 598. The Labute approximate surface area is 103 Å². The molecule has 6 N–H and O–H groups in total. The lowest BCUT2D eigenvalue weighted by atomic mass is 10.2. The number of pyridine rings is 1. The summed E-state index contributed by atoms with van der Waals surface area (Å²) < 4.78 is 5.46. The van der Waals surface area contributed by atoms with Crippen molar-refractivity contribution >= 4 is 17.4 Å². The van der Waals surface area contributed by atoms with Gasteiger partial charge in [-0.2, -0.15) is 4.98 Å². The van der Waals surface area contributed by atoms with Gasteiger partial charge in [0, 0.05) is 6.07 Å². The number of carbonyl (C=O) groups excluding carboxylic acids is 1. The third-order valence-electron chi connectivity index (χ3n) is 2.30. The van der Waals surface area contributed by atoms with Crippen LogP contribution in [0, 0.1) is 0 Å². The van der Waals surface area contributed by atoms with Crippen LogP contribution in [0.5, 0.6) is 11.6 Å². The molecule has 2 rings (SSSR count). The van der Waals surface area contributed by atoms with E-state index in [1.807, 2.05) is 0 Å². The molecule has 0 spiro atoms. The van der Waals surface area contributed by atoms with Gasteiger partial charge in [-0.1, -0.05) is 12.1 Å². The van der Waals surface area contributed by atoms with Crippen molar-refractivity contribution in [3.05, 3.63) is 42.0 Å². The van der Waals surface area contributed by atoms with Crippen molar-refractivity contribution in [3.8, 4) is 11.6 Å². The SMILES string of the molecule is NC(=O)c1ccccc1Oc1ccc(N)c(N)n1. The number of nitrogens with zero attached hydrogens (tertiary/aromatic N) is 1. The van der Waals surface area contributed by atoms with E-state index in [0.29, 0.717) is 11.4 Å². The quantitative estimate of drug-likeness (QED) is 0.748. The molecule has 0 bridgehead atoms. The van der Waals surface area contributed by atoms with Crippen LogP contribution in [0.2, 0.25) is 0 Å². The van der Waals surface area contributed by atoms with Gasteiger partial charge in [-0.25, -0.2) is 0 Å². The Kier molecular flexibility index (Phi) is 3.01. The van der Waals surface area contributed by atoms with Crippen LogP contribution in [-0.2, 0) is 0 Å². The summed E-state index contributed by atoms with van der Waals surface area (Å²) in [6, 6.07) is 9.74. The first kappa shape index (κ1) is 11.7. The summed E-state index contributed by atoms with van der Waals surface area (Å²) in [5.74, 6) is 0.162. The number of nitrogens with two attached hydrogens (primary N) is 3. The number of rotatable bonds is 3. The van der Waals surface area contributed by atoms with Crippen LogP contribution in [0.4, 0.5) is 11.5 Å². The lowest BCUT2D eigenvalue weighted by Gasteiger charge is -2.09. The van der Waals surface area contributed by atoms with Crippen LogP contribution in [0.3, 0.4) is 0 Å². The van der Waals surface area contributed by atoms with Crippen LogP contribution < -0.4 is 21.9 Å². The van der Waals surface area contributed by atoms with Gasteiger partial charge in [0.1, 0.15) is 5.75 Å². The van der Waals surface area contributed by atoms with Crippen molar-refractivity contribution in [3.63, 3.8) is 0 Å². The Morgan fingerprint density at radius 2 is 1.83 bits per heavy atom. The molecule has 2 aromatic rings. The largest absolute Gasteiger partial charge is 0.438 e. The molecule has 6 heteroatoms. The highest BCUT2D eigenvalue weighted by Crippen LogP contribution is 2.25. The molecule has 0 atom stereocenters. The summed E-state index contributed by atoms with van der Waals surface area (Å²) in [6.07, 6.45) is 0. The third kappa shape index (κ3) is 2.32. The molecule has 1 amide bonds. The molecule has 0 fully saturated rings. The Morgan fingerprint density at radius 3 is 2.50 bits per heavy atom. The predicted octanol–water partition coefficient (Wildman–Crippen LogP) is 1.14. The number of primary amides is 1. The van der Waals surface area contributed by atoms with Crippen molar-refractivity contribution in [2.75, 3.05) is 11.5 Å². The third-order valence-corrected chi connectivity index (χ3v) is 2.30. The Morgan fingerprint density at radius 1 is 1.11 bits per heavy atom. The van der Waals surface area contributed by atoms with Crippen molar-refractivity contribution in [1.82, 2.24) is 4.98 Å². The second kappa shape index (κ2) is 4.62. The molecule has 0 aliphatic rings. The van der Waals surface area contributed by atoms with E-state index >= 15 is 0 Å². The standard InChI is InChI=1S/C12H12N4O2/c13-8-5-6-10(16-11(8)14)18-9-4-2-1-3-7(9)12(15)17/h1-6H,13H2,(H2,14,16)(H2,15,17). The summed E-state index contributed by atoms with van der Waals surface area (Å²) >= 11 is 0. The van der Waals surface area contributed by atoms with E-state index in [4.69, 9.17) is 21.9 Å². The van der Waals surface area contributed by atoms with Gasteiger partial charge < -0.3 is 21.9 Å². The molecule has 0 saturated carbocycles. The van der Waals surface area contributed by atoms with Gasteiger partial charge in [0.15, 0.2) is 5.82 Å². The molecule has 0 radical (unpaired) electrons. The predicted molar refractivity (Wildman–Crippen MR) is 68.1 cm³/mol. The maximum absolute atomic E-state index is 11.2. The minimum absolute atomic E-state index is 0.170. The van der Waals surface area contributed by atoms with Crippen LogP contribution in [-0.4, -0.2) is 10.9 Å². The van der Waals surface area contributed by atoms with Gasteiger partial charge in [-0.05, 0) is 18.2 Å². The minimum atomic E-state index is -0.575. The second-order valence-electron chi connectivity index (χ2n) is 3.59. The second-order valence-corrected chi connectivity index (χ2v) is 3.59. The Hall–Kier alpha value is -2.76. The highest BCUT2D eigenvalue weighted by atomic mass is 16.5. The van der Waals surface area contributed by atoms with E-state index in [1.165, 1.54) is 0 Å². The molecule has 18 heavy (non-hydrogen) atoms. The van der Waals surface area contributed by atoms with Gasteiger partial charge in [-0.15, -0.1) is 0 Å². The molecule has 0 saturated heterocycles. The number of amides is 1. The van der Waals surface area contributed by atoms with Gasteiger partial charge >= 0.3 is 0 Å². The van der Waals surface area contributed by atoms with Gasteiger partial charge in [-0.3, -0.25) is 4.79 Å². The smallest absolute Gasteiger partial charge is 0.252 e. The van der Waals surface area contributed by atoms with E-state index in [9.17, 15) is 4.79 Å². The lowest BCUT2D eigenvalue weighted by molar-refractivity contribution is 0.0998. The monoisotopic (exact) mass is 244 g/mol. The fourth-order valence-electron chi connectivity index (χ4n) is 1.40. The van der Waals surface area contributed by atoms with Gasteiger partial charge in [0.25, 0.3) is 5.91 Å². The van der Waals surface area contributed by atoms with E-state index < -0.39 is 5.91 Å². The first-order valence-corrected chi connectivity index (χ1v) is 5.16. The molecule has 0 aliphatic carbocycles. The van der Waals surface area contributed by atoms with E-state index in [-0.39, 0.29) is 17.3 Å². The average Bonchev–Trinajstić information content (AvgIpc) is 2.34. The number of ether oxygens (including phenoxy) is 1. The number of hydrogen-bond donors (Lipinski definition) is 3. The molecule has 1 aromatic heterocycles. The van der Waals surface area contributed by atoms with Crippen LogP contribution >= 0.6 is 0 Å². The normalized spacial score (nSPS) is 10.0. The highest BCUT2D eigenvalue weighted by molar-refractivity contribution is 5.95. The number of nitrogen functional groups attached to an aromatic ring is 2. The molecule has 1 aromatic carbocycles. The average molecular weight is 244 g/mol. The molecule has 1 heterocycles. The molecule has 0 aliphatic heterocycles. The first-order chi connectivity index (χ1) is 8.58. The number of anilines is 2. The molecule has 92 valence electrons. The molecular formula is C12H12N4O2. The number of carbonyl (C=O) groups is 1. The Balaban J connectivity index is 2.34. The molecule has 6 nitrogen and oxygen atoms in total. The van der Waals surface area contributed by atoms with Crippen molar-refractivity contribution in [2.45, 2.75) is 0 Å². The van der Waals surface area contributed by atoms with Crippen LogP contribution in [0.15, 0.2) is 36.4 Å². The minimum Gasteiger partial charge on any atom is -0.438 e. The highest BCUT2D eigenvalue weighted by Gasteiger charge is 2.10. The van der Waals surface area contributed by atoms with Gasteiger partial charge in [0.2, 0.25) is 5.88 Å². The van der Waals surface area contributed by atoms with E-state index in [1.54, 1.807) is 36.4 Å². The van der Waals surface area contributed by atoms with E-state index in [2.05, 4.69) is 4.98 Å². The maximum atomic E-state index is 11.2. The summed E-state index contributed by atoms with van der Waals surface area (Å²) in [5.41, 5.74) is 17.0. The van der Waals surface area contributed by atoms with Crippen LogP contribution in [0.25, 0.3) is 0 Å². The number of benzene rings is 1. The lowest BCUT2D eigenvalue weighted by Crippen LogP contribution is -2.12. The summed E-state index contributed by atoms with van der Waals surface area (Å²) in [4.78, 5) is 15.2. The summed E-state index contributed by atoms with van der Waals surface area (Å²) in [5, 5.41) is 0. The van der Waals surface area contributed by atoms with Crippen LogP contribution in [0.1, 0.15) is 10.4 Å². The van der Waals surface area contributed by atoms with Crippen molar-refractivity contribution in [1.29, 1.82) is 0 Å². The fraction of sp³-hybridized carbons (Fsp3) is 0. The van der Waals surface area contributed by atoms with Crippen molar-refractivity contribution in [2.24, 2.45) is 5.73 Å². The first-order valence-electron chi connectivity index (χ1n) is 5.16.